The predicted molar refractivity (Wildman–Crippen MR) is 86.0 cm³/mol. The molecule has 0 spiro atoms. The Bertz CT molecular complexity index is 643. The van der Waals surface area contributed by atoms with Crippen LogP contribution in [0.5, 0.6) is 0 Å². The van der Waals surface area contributed by atoms with Gasteiger partial charge in [-0.05, 0) is 11.1 Å². The second-order valence-corrected chi connectivity index (χ2v) is 5.07. The minimum absolute atomic E-state index is 0.00483. The zero-order valence-electron chi connectivity index (χ0n) is 12.8. The highest BCUT2D eigenvalue weighted by molar-refractivity contribution is 5.83. The van der Waals surface area contributed by atoms with E-state index in [2.05, 4.69) is 5.32 Å². The van der Waals surface area contributed by atoms with Gasteiger partial charge in [0.1, 0.15) is 0 Å². The predicted octanol–water partition coefficient (Wildman–Crippen LogP) is 2.36. The minimum Gasteiger partial charge on any atom is -0.481 e. The molecule has 2 aromatic carbocycles. The molecule has 2 aromatic rings. The van der Waals surface area contributed by atoms with Crippen LogP contribution in [-0.2, 0) is 14.3 Å². The zero-order valence-corrected chi connectivity index (χ0v) is 12.8. The van der Waals surface area contributed by atoms with Gasteiger partial charge in [0.05, 0.1) is 5.92 Å². The Balaban J connectivity index is 2.05. The van der Waals surface area contributed by atoms with Crippen LogP contribution in [0.25, 0.3) is 0 Å². The third kappa shape index (κ3) is 4.40. The van der Waals surface area contributed by atoms with E-state index in [0.717, 1.165) is 5.56 Å². The van der Waals surface area contributed by atoms with Crippen molar-refractivity contribution in [3.8, 4) is 0 Å². The monoisotopic (exact) mass is 313 g/mol. The molecule has 0 radical (unpaired) electrons. The quantitative estimate of drug-likeness (QED) is 0.823. The van der Waals surface area contributed by atoms with Crippen molar-refractivity contribution in [2.45, 2.75) is 12.0 Å². The fraction of sp³-hybridized carbons (Fsp3) is 0.222. The van der Waals surface area contributed by atoms with Crippen molar-refractivity contribution in [2.75, 3.05) is 13.7 Å². The van der Waals surface area contributed by atoms with Crippen LogP contribution in [0.2, 0.25) is 0 Å². The number of aliphatic carboxylic acids is 1. The highest BCUT2D eigenvalue weighted by Crippen LogP contribution is 2.18. The summed E-state index contributed by atoms with van der Waals surface area (Å²) in [4.78, 5) is 23.7. The lowest BCUT2D eigenvalue weighted by Crippen LogP contribution is -2.35. The van der Waals surface area contributed by atoms with Gasteiger partial charge in [0.2, 0.25) is 0 Å². The van der Waals surface area contributed by atoms with E-state index in [0.29, 0.717) is 5.56 Å². The van der Waals surface area contributed by atoms with Gasteiger partial charge in [0.25, 0.3) is 5.91 Å². The topological polar surface area (TPSA) is 75.6 Å². The lowest BCUT2D eigenvalue weighted by Gasteiger charge is -2.18. The first kappa shape index (κ1) is 16.7. The zero-order chi connectivity index (χ0) is 16.7. The van der Waals surface area contributed by atoms with Crippen molar-refractivity contribution in [3.05, 3.63) is 71.8 Å². The highest BCUT2D eigenvalue weighted by atomic mass is 16.5. The summed E-state index contributed by atoms with van der Waals surface area (Å²) in [7, 11) is 1.45. The van der Waals surface area contributed by atoms with Gasteiger partial charge in [-0.25, -0.2) is 0 Å². The first-order chi connectivity index (χ1) is 11.1. The largest absolute Gasteiger partial charge is 0.481 e. The van der Waals surface area contributed by atoms with Crippen molar-refractivity contribution >= 4 is 11.9 Å². The molecule has 0 fully saturated rings. The molecular weight excluding hydrogens is 294 g/mol. The molecule has 0 aliphatic rings. The number of benzene rings is 2. The Morgan fingerprint density at radius 3 is 2.00 bits per heavy atom. The molecule has 0 aromatic heterocycles. The second kappa shape index (κ2) is 8.10. The lowest BCUT2D eigenvalue weighted by atomic mass is 9.99. The molecule has 0 saturated heterocycles. The van der Waals surface area contributed by atoms with Gasteiger partial charge in [-0.2, -0.15) is 0 Å². The minimum atomic E-state index is -0.981. The standard InChI is InChI=1S/C18H19NO4/c1-23-16(14-10-6-3-7-11-14)17(20)19-12-15(18(21)22)13-8-4-2-5-9-13/h2-11,15-16H,12H2,1H3,(H,19,20)(H,21,22)/t15-,16+/m1/s1. The molecule has 5 heteroatoms. The summed E-state index contributed by atoms with van der Waals surface area (Å²) >= 11 is 0. The van der Waals surface area contributed by atoms with Crippen molar-refractivity contribution in [2.24, 2.45) is 0 Å². The summed E-state index contributed by atoms with van der Waals surface area (Å²) in [6.45, 7) is 0.00483. The summed E-state index contributed by atoms with van der Waals surface area (Å²) in [5.41, 5.74) is 1.37. The van der Waals surface area contributed by atoms with Crippen LogP contribution in [0, 0.1) is 0 Å². The molecule has 2 N–H and O–H groups in total. The van der Waals surface area contributed by atoms with Crippen LogP contribution in [0.1, 0.15) is 23.1 Å². The maximum absolute atomic E-state index is 12.3. The smallest absolute Gasteiger partial charge is 0.312 e. The van der Waals surface area contributed by atoms with Gasteiger partial charge in [0, 0.05) is 13.7 Å². The average molecular weight is 313 g/mol. The van der Waals surface area contributed by atoms with E-state index in [-0.39, 0.29) is 12.5 Å². The molecule has 0 saturated carbocycles. The van der Waals surface area contributed by atoms with E-state index in [9.17, 15) is 14.7 Å². The van der Waals surface area contributed by atoms with E-state index in [4.69, 9.17) is 4.74 Å². The number of carboxylic acid groups (broad SMARTS) is 1. The van der Waals surface area contributed by atoms with E-state index >= 15 is 0 Å². The van der Waals surface area contributed by atoms with Gasteiger partial charge in [0.15, 0.2) is 6.10 Å². The Hall–Kier alpha value is -2.66. The average Bonchev–Trinajstić information content (AvgIpc) is 2.57. The SMILES string of the molecule is CO[C@H](C(=O)NC[C@@H](C(=O)O)c1ccccc1)c1ccccc1. The first-order valence-corrected chi connectivity index (χ1v) is 7.26. The van der Waals surface area contributed by atoms with Crippen molar-refractivity contribution < 1.29 is 19.4 Å². The van der Waals surface area contributed by atoms with E-state index in [1.54, 1.807) is 36.4 Å². The molecule has 0 aliphatic carbocycles. The van der Waals surface area contributed by atoms with Crippen molar-refractivity contribution in [1.29, 1.82) is 0 Å². The summed E-state index contributed by atoms with van der Waals surface area (Å²) in [6, 6.07) is 17.9. The molecule has 5 nitrogen and oxygen atoms in total. The number of methoxy groups -OCH3 is 1. The number of rotatable bonds is 7. The van der Waals surface area contributed by atoms with Gasteiger partial charge in [-0.15, -0.1) is 0 Å². The van der Waals surface area contributed by atoms with E-state index in [1.165, 1.54) is 7.11 Å². The Morgan fingerprint density at radius 2 is 1.52 bits per heavy atom. The van der Waals surface area contributed by atoms with E-state index in [1.807, 2.05) is 24.3 Å². The normalized spacial score (nSPS) is 13.1. The third-order valence-corrected chi connectivity index (χ3v) is 3.56. The van der Waals surface area contributed by atoms with Gasteiger partial charge >= 0.3 is 5.97 Å². The molecule has 0 bridgehead atoms. The fourth-order valence-electron chi connectivity index (χ4n) is 2.35. The van der Waals surface area contributed by atoms with Crippen LogP contribution in [-0.4, -0.2) is 30.6 Å². The molecule has 0 unspecified atom stereocenters. The number of carbonyl (C=O) groups excluding carboxylic acids is 1. The molecule has 23 heavy (non-hydrogen) atoms. The number of carboxylic acids is 1. The Morgan fingerprint density at radius 1 is 1.00 bits per heavy atom. The van der Waals surface area contributed by atoms with Crippen LogP contribution in [0.15, 0.2) is 60.7 Å². The maximum atomic E-state index is 12.3. The van der Waals surface area contributed by atoms with Crippen LogP contribution < -0.4 is 5.32 Å². The van der Waals surface area contributed by atoms with Crippen LogP contribution in [0.4, 0.5) is 0 Å². The lowest BCUT2D eigenvalue weighted by molar-refractivity contribution is -0.139. The van der Waals surface area contributed by atoms with Gasteiger partial charge in [-0.1, -0.05) is 60.7 Å². The number of carbonyl (C=O) groups is 2. The summed E-state index contributed by atoms with van der Waals surface area (Å²) < 4.78 is 5.24. The summed E-state index contributed by atoms with van der Waals surface area (Å²) in [5.74, 6) is -2.14. The third-order valence-electron chi connectivity index (χ3n) is 3.56. The molecule has 0 heterocycles. The van der Waals surface area contributed by atoms with Crippen LogP contribution in [0.3, 0.4) is 0 Å². The number of nitrogens with one attached hydrogen (secondary N) is 1. The fourth-order valence-corrected chi connectivity index (χ4v) is 2.35. The first-order valence-electron chi connectivity index (χ1n) is 7.26. The van der Waals surface area contributed by atoms with Crippen molar-refractivity contribution in [1.82, 2.24) is 5.32 Å². The van der Waals surface area contributed by atoms with Gasteiger partial charge < -0.3 is 15.2 Å². The molecule has 120 valence electrons. The maximum Gasteiger partial charge on any atom is 0.312 e. The second-order valence-electron chi connectivity index (χ2n) is 5.07. The number of ether oxygens (including phenoxy) is 1. The Kier molecular flexibility index (Phi) is 5.88. The Labute approximate surface area is 134 Å². The molecular formula is C18H19NO4. The summed E-state index contributed by atoms with van der Waals surface area (Å²) in [6.07, 6.45) is -0.763. The molecule has 0 aliphatic heterocycles. The number of amides is 1. The molecule has 2 atom stereocenters. The number of hydrogen-bond donors (Lipinski definition) is 2. The van der Waals surface area contributed by atoms with Gasteiger partial charge in [-0.3, -0.25) is 9.59 Å². The summed E-state index contributed by atoms with van der Waals surface area (Å²) in [5, 5.41) is 12.0. The highest BCUT2D eigenvalue weighted by Gasteiger charge is 2.24. The van der Waals surface area contributed by atoms with E-state index < -0.39 is 18.0 Å². The van der Waals surface area contributed by atoms with Crippen molar-refractivity contribution in [3.63, 3.8) is 0 Å². The molecule has 2 rings (SSSR count). The number of hydrogen-bond acceptors (Lipinski definition) is 3. The van der Waals surface area contributed by atoms with Crippen LogP contribution >= 0.6 is 0 Å². The molecule has 1 amide bonds.